The van der Waals surface area contributed by atoms with Crippen molar-refractivity contribution >= 4 is 88.0 Å². The highest BCUT2D eigenvalue weighted by atomic mass is 16.3. The van der Waals surface area contributed by atoms with Crippen LogP contribution in [-0.4, -0.2) is 49.8 Å². The van der Waals surface area contributed by atoms with Crippen LogP contribution < -0.4 is 0 Å². The standard InChI is InChI=1S/2C57H35N5O/c1-3-11-36(12-4-1)37-25-27-41(28-26-37)55-60-54(40-13-5-2-6-14-40)61-56(62-55)47-18-10-16-43(35-47)39-23-21-38(22-24-39)42-15-9-17-44(33-42)45-29-31-48-46(34-45)30-32-51-52(48)53-57(63-51)59-50-20-8-7-19-49(50)58-53;1-3-11-36(12-4-1)37-25-27-41(28-26-37)56-60-55(40-13-5-2-6-14-40)61-57(62-56)46-18-10-16-43(34-46)39-23-21-38(22-24-39)42-15-9-17-44(33-42)45-29-31-49-51(35-45)59-53-50(58-49)32-30-48-47-19-7-8-20-52(47)63-54(48)53/h2*1-35H. The van der Waals surface area contributed by atoms with E-state index < -0.39 is 0 Å². The zero-order chi connectivity index (χ0) is 83.4. The van der Waals surface area contributed by atoms with E-state index >= 15 is 0 Å². The molecular formula is C114H70N10O2. The van der Waals surface area contributed by atoms with Crippen LogP contribution in [0.15, 0.2) is 433 Å². The average Bonchev–Trinajstić information content (AvgIpc) is 1.59. The van der Waals surface area contributed by atoms with Crippen LogP contribution in [0.5, 0.6) is 0 Å². The van der Waals surface area contributed by atoms with Gasteiger partial charge in [0.2, 0.25) is 5.71 Å². The second-order valence-corrected chi connectivity index (χ2v) is 31.4. The smallest absolute Gasteiger partial charge is 0.246 e. The van der Waals surface area contributed by atoms with Crippen molar-refractivity contribution in [2.24, 2.45) is 0 Å². The summed E-state index contributed by atoms with van der Waals surface area (Å²) < 4.78 is 12.5. The van der Waals surface area contributed by atoms with Gasteiger partial charge in [-0.1, -0.05) is 346 Å². The van der Waals surface area contributed by atoms with Gasteiger partial charge in [0, 0.05) is 44.2 Å². The Morgan fingerprint density at radius 2 is 0.468 bits per heavy atom. The molecule has 0 saturated heterocycles. The molecule has 0 unspecified atom stereocenters. The Hall–Kier alpha value is -17.2. The second-order valence-electron chi connectivity index (χ2n) is 31.4. The fourth-order valence-electron chi connectivity index (χ4n) is 17.0. The van der Waals surface area contributed by atoms with Crippen LogP contribution in [0.3, 0.4) is 0 Å². The van der Waals surface area contributed by atoms with E-state index in [2.05, 4.69) is 297 Å². The zero-order valence-corrected chi connectivity index (χ0v) is 67.7. The van der Waals surface area contributed by atoms with Crippen molar-refractivity contribution in [2.75, 3.05) is 0 Å². The summed E-state index contributed by atoms with van der Waals surface area (Å²) in [6, 6.07) is 147. The van der Waals surface area contributed by atoms with E-state index in [1.807, 2.05) is 127 Å². The summed E-state index contributed by atoms with van der Waals surface area (Å²) >= 11 is 0. The van der Waals surface area contributed by atoms with Crippen LogP contribution in [0, 0.1) is 0 Å². The highest BCUT2D eigenvalue weighted by Gasteiger charge is 2.21. The summed E-state index contributed by atoms with van der Waals surface area (Å²) in [6.45, 7) is 0. The molecule has 12 nitrogen and oxygen atoms in total. The first-order chi connectivity index (χ1) is 62.3. The molecule has 18 aromatic carbocycles. The van der Waals surface area contributed by atoms with E-state index in [4.69, 9.17) is 58.7 Å². The summed E-state index contributed by atoms with van der Waals surface area (Å²) in [5.74, 6) is 3.78. The number of rotatable bonds is 14. The molecule has 6 aromatic heterocycles. The van der Waals surface area contributed by atoms with Crippen molar-refractivity contribution in [3.8, 4) is 157 Å². The second kappa shape index (κ2) is 31.7. The molecule has 24 rings (SSSR count). The molecule has 24 aromatic rings. The average molecular weight is 1610 g/mol. The first-order valence-corrected chi connectivity index (χ1v) is 42.0. The van der Waals surface area contributed by atoms with Crippen molar-refractivity contribution in [1.82, 2.24) is 49.8 Å². The number of benzene rings is 18. The van der Waals surface area contributed by atoms with Gasteiger partial charge in [0.15, 0.2) is 40.5 Å². The summed E-state index contributed by atoms with van der Waals surface area (Å²) in [5.41, 5.74) is 32.3. The van der Waals surface area contributed by atoms with Crippen molar-refractivity contribution in [2.45, 2.75) is 0 Å². The Kier molecular flexibility index (Phi) is 18.6. The minimum absolute atomic E-state index is 0.558. The fourth-order valence-corrected chi connectivity index (χ4v) is 17.0. The van der Waals surface area contributed by atoms with E-state index in [0.717, 1.165) is 194 Å². The maximum atomic E-state index is 6.30. The quantitative estimate of drug-likeness (QED) is 0.0952. The van der Waals surface area contributed by atoms with Gasteiger partial charge in [-0.2, -0.15) is 0 Å². The van der Waals surface area contributed by atoms with Crippen LogP contribution in [-0.2, 0) is 0 Å². The molecule has 0 spiro atoms. The van der Waals surface area contributed by atoms with Gasteiger partial charge < -0.3 is 8.83 Å². The molecule has 0 N–H and O–H groups in total. The molecule has 0 radical (unpaired) electrons. The molecule has 0 aliphatic rings. The first kappa shape index (κ1) is 73.9. The Balaban J connectivity index is 0.000000145. The molecule has 0 saturated carbocycles. The third-order valence-corrected chi connectivity index (χ3v) is 23.5. The zero-order valence-electron chi connectivity index (χ0n) is 67.7. The largest absolute Gasteiger partial charge is 0.454 e. The lowest BCUT2D eigenvalue weighted by Gasteiger charge is -2.11. The molecule has 126 heavy (non-hydrogen) atoms. The third-order valence-electron chi connectivity index (χ3n) is 23.5. The predicted molar refractivity (Wildman–Crippen MR) is 512 cm³/mol. The molecule has 12 heteroatoms. The van der Waals surface area contributed by atoms with Gasteiger partial charge in [0.25, 0.3) is 0 Å². The topological polar surface area (TPSA) is 155 Å². The summed E-state index contributed by atoms with van der Waals surface area (Å²) in [6.07, 6.45) is 0. The van der Waals surface area contributed by atoms with Gasteiger partial charge in [-0.05, 0) is 179 Å². The molecule has 0 bridgehead atoms. The highest BCUT2D eigenvalue weighted by molar-refractivity contribution is 6.18. The number of furan rings is 2. The molecular weight excluding hydrogens is 1540 g/mol. The highest BCUT2D eigenvalue weighted by Crippen LogP contribution is 2.41. The Morgan fingerprint density at radius 1 is 0.151 bits per heavy atom. The van der Waals surface area contributed by atoms with Gasteiger partial charge in [0.05, 0.1) is 33.0 Å². The maximum absolute atomic E-state index is 6.30. The lowest BCUT2D eigenvalue weighted by Crippen LogP contribution is -2.00. The first-order valence-electron chi connectivity index (χ1n) is 42.0. The van der Waals surface area contributed by atoms with Crippen LogP contribution in [0.1, 0.15) is 0 Å². The van der Waals surface area contributed by atoms with Crippen molar-refractivity contribution < 1.29 is 8.83 Å². The molecule has 0 fully saturated rings. The SMILES string of the molecule is c1ccc(-c2ccc(-c3nc(-c4ccccc4)nc(-c4cccc(-c5ccc(-c6cccc(-c7ccc8c(ccc9oc%10nc%11ccccc%11nc%10c98)c7)c6)cc5)c4)n3)cc2)cc1.c1ccc(-c2ccc(-c3nc(-c4ccccc4)nc(-c4cccc(-c5ccc(-c6cccc(-c7ccc8nc9ccc%10c%11ccccc%11oc%10c9nc8c7)c6)cc5)c4)n3)cc2)cc1. The number of aromatic nitrogens is 10. The van der Waals surface area contributed by atoms with Gasteiger partial charge in [0.1, 0.15) is 22.2 Å². The minimum Gasteiger partial charge on any atom is -0.454 e. The third kappa shape index (κ3) is 14.3. The van der Waals surface area contributed by atoms with E-state index in [9.17, 15) is 0 Å². The van der Waals surface area contributed by atoms with E-state index in [-0.39, 0.29) is 0 Å². The van der Waals surface area contributed by atoms with Crippen LogP contribution >= 0.6 is 0 Å². The molecule has 0 aliphatic carbocycles. The van der Waals surface area contributed by atoms with Crippen LogP contribution in [0.2, 0.25) is 0 Å². The van der Waals surface area contributed by atoms with Crippen molar-refractivity contribution in [3.05, 3.63) is 425 Å². The fraction of sp³-hybridized carbons (Fsp3) is 0. The number of hydrogen-bond acceptors (Lipinski definition) is 12. The molecule has 0 aliphatic heterocycles. The van der Waals surface area contributed by atoms with Gasteiger partial charge >= 0.3 is 0 Å². The molecule has 588 valence electrons. The summed E-state index contributed by atoms with van der Waals surface area (Å²) in [7, 11) is 0. The van der Waals surface area contributed by atoms with Crippen molar-refractivity contribution in [1.29, 1.82) is 0 Å². The minimum atomic E-state index is 0.558. The van der Waals surface area contributed by atoms with E-state index in [1.165, 1.54) is 11.1 Å². The Labute approximate surface area is 724 Å². The Morgan fingerprint density at radius 3 is 0.960 bits per heavy atom. The van der Waals surface area contributed by atoms with Crippen LogP contribution in [0.25, 0.3) is 245 Å². The van der Waals surface area contributed by atoms with Gasteiger partial charge in [-0.15, -0.1) is 0 Å². The summed E-state index contributed by atoms with van der Waals surface area (Å²) in [5, 5.41) is 5.33. The van der Waals surface area contributed by atoms with Gasteiger partial charge in [-0.25, -0.2) is 49.8 Å². The number of fused-ring (bicyclic) bond motifs is 12. The lowest BCUT2D eigenvalue weighted by atomic mass is 9.95. The normalized spacial score (nSPS) is 11.5. The monoisotopic (exact) mass is 1610 g/mol. The summed E-state index contributed by atoms with van der Waals surface area (Å²) in [4.78, 5) is 49.8. The maximum Gasteiger partial charge on any atom is 0.246 e. The number of nitrogens with zero attached hydrogens (tertiary/aromatic N) is 10. The van der Waals surface area contributed by atoms with Crippen LogP contribution in [0.4, 0.5) is 0 Å². The Bertz CT molecular complexity index is 8300. The molecule has 0 amide bonds. The number of hydrogen-bond donors (Lipinski definition) is 0. The molecule has 6 heterocycles. The van der Waals surface area contributed by atoms with E-state index in [1.54, 1.807) is 0 Å². The van der Waals surface area contributed by atoms with Crippen molar-refractivity contribution in [3.63, 3.8) is 0 Å². The number of para-hydroxylation sites is 3. The van der Waals surface area contributed by atoms with Gasteiger partial charge in [-0.3, -0.25) is 0 Å². The molecule has 0 atom stereocenters. The van der Waals surface area contributed by atoms with E-state index in [0.29, 0.717) is 40.7 Å². The predicted octanol–water partition coefficient (Wildman–Crippen LogP) is 29.1. The lowest BCUT2D eigenvalue weighted by molar-refractivity contribution is 0.655.